The van der Waals surface area contributed by atoms with Crippen molar-refractivity contribution in [3.63, 3.8) is 0 Å². The number of hydrogen-bond acceptors (Lipinski definition) is 4. The fourth-order valence-electron chi connectivity index (χ4n) is 2.02. The first-order valence-corrected chi connectivity index (χ1v) is 6.06. The molecule has 0 heterocycles. The number of aryl methyl sites for hydroxylation is 1. The molecule has 0 saturated heterocycles. The molecule has 5 nitrogen and oxygen atoms in total. The number of ether oxygens (including phenoxy) is 1. The van der Waals surface area contributed by atoms with E-state index in [1.165, 1.54) is 31.4 Å². The Morgan fingerprint density at radius 2 is 1.81 bits per heavy atom. The van der Waals surface area contributed by atoms with Crippen LogP contribution < -0.4 is 0 Å². The van der Waals surface area contributed by atoms with E-state index in [0.29, 0.717) is 16.7 Å². The molecule has 2 rings (SSSR count). The highest BCUT2D eigenvalue weighted by Gasteiger charge is 2.16. The van der Waals surface area contributed by atoms with Gasteiger partial charge in [0.05, 0.1) is 17.6 Å². The zero-order valence-electron chi connectivity index (χ0n) is 11.4. The number of carbonyl (C=O) groups excluding carboxylic acids is 1. The molecule has 0 aliphatic carbocycles. The van der Waals surface area contributed by atoms with Crippen LogP contribution in [0.4, 0.5) is 10.1 Å². The summed E-state index contributed by atoms with van der Waals surface area (Å²) in [5.41, 5.74) is 1.31. The third kappa shape index (κ3) is 3.22. The van der Waals surface area contributed by atoms with Crippen LogP contribution in [0.3, 0.4) is 0 Å². The Balaban J connectivity index is 2.64. The van der Waals surface area contributed by atoms with Gasteiger partial charge in [-0.3, -0.25) is 10.1 Å². The van der Waals surface area contributed by atoms with Gasteiger partial charge in [-0.15, -0.1) is 0 Å². The van der Waals surface area contributed by atoms with Gasteiger partial charge in [0.2, 0.25) is 0 Å². The number of benzene rings is 2. The maximum absolute atomic E-state index is 13.5. The molecule has 2 aromatic carbocycles. The second kappa shape index (κ2) is 5.70. The summed E-state index contributed by atoms with van der Waals surface area (Å²) in [6.07, 6.45) is 0. The van der Waals surface area contributed by atoms with Crippen LogP contribution in [0.5, 0.6) is 0 Å². The maximum Gasteiger partial charge on any atom is 0.338 e. The molecule has 0 amide bonds. The number of halogens is 1. The molecule has 0 atom stereocenters. The normalized spacial score (nSPS) is 10.2. The lowest BCUT2D eigenvalue weighted by Gasteiger charge is -2.06. The van der Waals surface area contributed by atoms with Gasteiger partial charge < -0.3 is 4.74 Å². The molecule has 21 heavy (non-hydrogen) atoms. The Morgan fingerprint density at radius 1 is 1.14 bits per heavy atom. The summed E-state index contributed by atoms with van der Waals surface area (Å²) in [5.74, 6) is -1.14. The summed E-state index contributed by atoms with van der Waals surface area (Å²) in [6, 6.07) is 8.15. The number of non-ortho nitro benzene ring substituents is 1. The second-order valence-corrected chi connectivity index (χ2v) is 4.53. The van der Waals surface area contributed by atoms with E-state index in [1.807, 2.05) is 0 Å². The maximum atomic E-state index is 13.5. The second-order valence-electron chi connectivity index (χ2n) is 4.53. The van der Waals surface area contributed by atoms with Crippen molar-refractivity contribution in [3.8, 4) is 11.1 Å². The predicted octanol–water partition coefficient (Wildman–Crippen LogP) is 3.50. The van der Waals surface area contributed by atoms with E-state index < -0.39 is 16.7 Å². The lowest BCUT2D eigenvalue weighted by molar-refractivity contribution is -0.384. The SMILES string of the molecule is COC(=O)c1cc(-c2cc(C)cc(F)c2)cc([N+](=O)[O-])c1. The minimum Gasteiger partial charge on any atom is -0.465 e. The Kier molecular flexibility index (Phi) is 3.98. The zero-order chi connectivity index (χ0) is 15.6. The third-order valence-electron chi connectivity index (χ3n) is 2.93. The minimum absolute atomic E-state index is 0.0450. The van der Waals surface area contributed by atoms with Crippen molar-refractivity contribution in [1.29, 1.82) is 0 Å². The Morgan fingerprint density at radius 3 is 2.38 bits per heavy atom. The zero-order valence-corrected chi connectivity index (χ0v) is 11.4. The van der Waals surface area contributed by atoms with Gasteiger partial charge in [-0.05, 0) is 41.8 Å². The summed E-state index contributed by atoms with van der Waals surface area (Å²) >= 11 is 0. The largest absolute Gasteiger partial charge is 0.465 e. The molecule has 0 bridgehead atoms. The molecule has 0 N–H and O–H groups in total. The van der Waals surface area contributed by atoms with Gasteiger partial charge in [0.15, 0.2) is 0 Å². The van der Waals surface area contributed by atoms with E-state index in [-0.39, 0.29) is 11.3 Å². The molecule has 0 aliphatic rings. The summed E-state index contributed by atoms with van der Waals surface area (Å²) < 4.78 is 18.0. The van der Waals surface area contributed by atoms with Gasteiger partial charge in [-0.25, -0.2) is 9.18 Å². The molecule has 0 unspecified atom stereocenters. The van der Waals surface area contributed by atoms with Gasteiger partial charge >= 0.3 is 5.97 Å². The van der Waals surface area contributed by atoms with Gasteiger partial charge in [-0.2, -0.15) is 0 Å². The van der Waals surface area contributed by atoms with Crippen molar-refractivity contribution in [2.24, 2.45) is 0 Å². The number of carbonyl (C=O) groups is 1. The fourth-order valence-corrected chi connectivity index (χ4v) is 2.02. The lowest BCUT2D eigenvalue weighted by atomic mass is 10.0. The molecule has 6 heteroatoms. The topological polar surface area (TPSA) is 69.4 Å². The van der Waals surface area contributed by atoms with Gasteiger partial charge in [0.25, 0.3) is 5.69 Å². The van der Waals surface area contributed by atoms with E-state index in [1.54, 1.807) is 13.0 Å². The van der Waals surface area contributed by atoms with Crippen molar-refractivity contribution in [2.75, 3.05) is 7.11 Å². The number of rotatable bonds is 3. The van der Waals surface area contributed by atoms with Crippen molar-refractivity contribution in [1.82, 2.24) is 0 Å². The summed E-state index contributed by atoms with van der Waals surface area (Å²) in [6.45, 7) is 1.71. The van der Waals surface area contributed by atoms with Crippen LogP contribution in [0, 0.1) is 22.9 Å². The van der Waals surface area contributed by atoms with Crippen LogP contribution in [-0.2, 0) is 4.74 Å². The fraction of sp³-hybridized carbons (Fsp3) is 0.133. The summed E-state index contributed by atoms with van der Waals surface area (Å²) in [7, 11) is 1.19. The van der Waals surface area contributed by atoms with Crippen LogP contribution in [0.1, 0.15) is 15.9 Å². The highest BCUT2D eigenvalue weighted by Crippen LogP contribution is 2.27. The van der Waals surface area contributed by atoms with Crippen LogP contribution in [-0.4, -0.2) is 18.0 Å². The van der Waals surface area contributed by atoms with E-state index in [4.69, 9.17) is 0 Å². The van der Waals surface area contributed by atoms with Crippen LogP contribution in [0.15, 0.2) is 36.4 Å². The van der Waals surface area contributed by atoms with Crippen LogP contribution in [0.25, 0.3) is 11.1 Å². The molecule has 0 saturated carbocycles. The lowest BCUT2D eigenvalue weighted by Crippen LogP contribution is -2.03. The van der Waals surface area contributed by atoms with Gasteiger partial charge in [0, 0.05) is 12.1 Å². The molecule has 0 radical (unpaired) electrons. The van der Waals surface area contributed by atoms with E-state index >= 15 is 0 Å². The highest BCUT2D eigenvalue weighted by atomic mass is 19.1. The van der Waals surface area contributed by atoms with E-state index in [0.717, 1.165) is 6.07 Å². The smallest absolute Gasteiger partial charge is 0.338 e. The molecule has 0 fully saturated rings. The highest BCUT2D eigenvalue weighted by molar-refractivity contribution is 5.92. The number of nitro groups is 1. The summed E-state index contributed by atoms with van der Waals surface area (Å²) in [4.78, 5) is 21.9. The van der Waals surface area contributed by atoms with Gasteiger partial charge in [-0.1, -0.05) is 6.07 Å². The molecule has 0 spiro atoms. The number of nitro benzene ring substituents is 1. The van der Waals surface area contributed by atoms with Gasteiger partial charge in [0.1, 0.15) is 5.82 Å². The van der Waals surface area contributed by atoms with E-state index in [2.05, 4.69) is 4.74 Å². The molecule has 0 aliphatic heterocycles. The quantitative estimate of drug-likeness (QED) is 0.492. The molecule has 108 valence electrons. The molecular formula is C15H12FNO4. The first-order valence-electron chi connectivity index (χ1n) is 6.06. The number of esters is 1. The Hall–Kier alpha value is -2.76. The average Bonchev–Trinajstić information content (AvgIpc) is 2.44. The summed E-state index contributed by atoms with van der Waals surface area (Å²) in [5, 5.41) is 11.0. The van der Waals surface area contributed by atoms with E-state index in [9.17, 15) is 19.3 Å². The first kappa shape index (κ1) is 14.6. The average molecular weight is 289 g/mol. The predicted molar refractivity (Wildman–Crippen MR) is 74.6 cm³/mol. The Bertz CT molecular complexity index is 707. The number of hydrogen-bond donors (Lipinski definition) is 0. The van der Waals surface area contributed by atoms with Crippen molar-refractivity contribution < 1.29 is 18.8 Å². The molecule has 2 aromatic rings. The molecule has 0 aromatic heterocycles. The minimum atomic E-state index is -0.687. The van der Waals surface area contributed by atoms with Crippen LogP contribution in [0.2, 0.25) is 0 Å². The molecular weight excluding hydrogens is 277 g/mol. The first-order chi connectivity index (χ1) is 9.90. The standard InChI is InChI=1S/C15H12FNO4/c1-9-3-10(6-13(16)4-9)11-5-12(15(18)21-2)8-14(7-11)17(19)20/h3-8H,1-2H3. The number of methoxy groups -OCH3 is 1. The van der Waals surface area contributed by atoms with Crippen molar-refractivity contribution in [2.45, 2.75) is 6.92 Å². The number of nitrogens with zero attached hydrogens (tertiary/aromatic N) is 1. The van der Waals surface area contributed by atoms with Crippen LogP contribution >= 0.6 is 0 Å². The third-order valence-corrected chi connectivity index (χ3v) is 2.93. The monoisotopic (exact) mass is 289 g/mol. The van der Waals surface area contributed by atoms with Crippen molar-refractivity contribution in [3.05, 3.63) is 63.5 Å². The Labute approximate surface area is 120 Å². The van der Waals surface area contributed by atoms with Crippen molar-refractivity contribution >= 4 is 11.7 Å².